The molecule has 0 aromatic carbocycles. The summed E-state index contributed by atoms with van der Waals surface area (Å²) in [4.78, 5) is 7.31. The molecule has 14 heavy (non-hydrogen) atoms. The van der Waals surface area contributed by atoms with Gasteiger partial charge < -0.3 is 14.6 Å². The van der Waals surface area contributed by atoms with Crippen molar-refractivity contribution in [3.63, 3.8) is 0 Å². The van der Waals surface area contributed by atoms with Crippen LogP contribution in [-0.2, 0) is 0 Å². The topological polar surface area (TPSA) is 36.1 Å². The van der Waals surface area contributed by atoms with Gasteiger partial charge in [0.15, 0.2) is 0 Å². The van der Waals surface area contributed by atoms with Crippen molar-refractivity contribution in [2.75, 3.05) is 13.1 Å². The van der Waals surface area contributed by atoms with E-state index in [1.807, 2.05) is 0 Å². The van der Waals surface area contributed by atoms with E-state index < -0.39 is 16.8 Å². The van der Waals surface area contributed by atoms with Crippen LogP contribution in [0.3, 0.4) is 0 Å². The summed E-state index contributed by atoms with van der Waals surface area (Å²) in [7, 11) is -2.79. The molecule has 3 nitrogen and oxygen atoms in total. The molecule has 0 aliphatic rings. The van der Waals surface area contributed by atoms with E-state index in [1.54, 1.807) is 0 Å². The Morgan fingerprint density at radius 3 is 1.50 bits per heavy atom. The first-order valence-electron chi connectivity index (χ1n) is 5.68. The molecular formula is C9H27N3Si2. The molecule has 3 N–H and O–H groups in total. The average molecular weight is 234 g/mol. The van der Waals surface area contributed by atoms with Crippen molar-refractivity contribution in [2.24, 2.45) is 0 Å². The Morgan fingerprint density at radius 2 is 1.29 bits per heavy atom. The highest BCUT2D eigenvalue weighted by atomic mass is 28.4. The highest BCUT2D eigenvalue weighted by Crippen LogP contribution is 2.04. The van der Waals surface area contributed by atoms with Gasteiger partial charge >= 0.3 is 0 Å². The number of hydrogen-bond acceptors (Lipinski definition) is 3. The van der Waals surface area contributed by atoms with E-state index in [0.29, 0.717) is 0 Å². The third kappa shape index (κ3) is 5.26. The first-order chi connectivity index (χ1) is 6.39. The molecule has 0 saturated carbocycles. The van der Waals surface area contributed by atoms with E-state index in [-0.39, 0.29) is 0 Å². The van der Waals surface area contributed by atoms with Crippen LogP contribution in [0.1, 0.15) is 20.8 Å². The SMILES string of the molecule is CCN[Si](CC)(NCC)N[Si](C)(C)C. The van der Waals surface area contributed by atoms with Gasteiger partial charge in [-0.1, -0.05) is 40.4 Å². The van der Waals surface area contributed by atoms with Crippen LogP contribution in [0.25, 0.3) is 0 Å². The van der Waals surface area contributed by atoms with E-state index in [2.05, 4.69) is 55.0 Å². The molecule has 0 aromatic rings. The zero-order chi connectivity index (χ0) is 11.2. The standard InChI is InChI=1S/C9H27N3Si2/c1-7-10-14(9-3,11-8-2)12-13(4,5)6/h10-12H,7-9H2,1-6H3. The zero-order valence-corrected chi connectivity index (χ0v) is 12.6. The fourth-order valence-corrected chi connectivity index (χ4v) is 10.1. The number of rotatable bonds is 7. The molecule has 0 aromatic heterocycles. The zero-order valence-electron chi connectivity index (χ0n) is 10.6. The summed E-state index contributed by atoms with van der Waals surface area (Å²) < 4.78 is 3.88. The lowest BCUT2D eigenvalue weighted by Gasteiger charge is -2.37. The van der Waals surface area contributed by atoms with Crippen molar-refractivity contribution >= 4 is 16.8 Å². The Balaban J connectivity index is 4.48. The molecular weight excluding hydrogens is 206 g/mol. The Morgan fingerprint density at radius 1 is 0.857 bits per heavy atom. The van der Waals surface area contributed by atoms with Crippen LogP contribution in [0.5, 0.6) is 0 Å². The first kappa shape index (κ1) is 14.3. The smallest absolute Gasteiger partial charge is 0.274 e. The lowest BCUT2D eigenvalue weighted by Crippen LogP contribution is -2.76. The predicted octanol–water partition coefficient (Wildman–Crippen LogP) is 1.59. The maximum absolute atomic E-state index is 3.88. The van der Waals surface area contributed by atoms with Crippen molar-refractivity contribution in [2.45, 2.75) is 46.5 Å². The second kappa shape index (κ2) is 6.02. The van der Waals surface area contributed by atoms with E-state index in [0.717, 1.165) is 13.1 Å². The largest absolute Gasteiger partial charge is 0.335 e. The van der Waals surface area contributed by atoms with Crippen molar-refractivity contribution < 1.29 is 0 Å². The van der Waals surface area contributed by atoms with Gasteiger partial charge in [-0.05, 0) is 19.1 Å². The minimum Gasteiger partial charge on any atom is -0.335 e. The Kier molecular flexibility index (Phi) is 6.15. The summed E-state index contributed by atoms with van der Waals surface area (Å²) >= 11 is 0. The minimum atomic E-state index is -1.59. The number of hydrogen-bond donors (Lipinski definition) is 3. The molecule has 0 rings (SSSR count). The second-order valence-corrected chi connectivity index (χ2v) is 13.4. The maximum atomic E-state index is 3.88. The summed E-state index contributed by atoms with van der Waals surface area (Å²) in [5.74, 6) is 0. The minimum absolute atomic E-state index is 1.05. The van der Waals surface area contributed by atoms with Gasteiger partial charge in [0.05, 0.1) is 0 Å². The lowest BCUT2D eigenvalue weighted by molar-refractivity contribution is 0.813. The highest BCUT2D eigenvalue weighted by Gasteiger charge is 2.34. The summed E-state index contributed by atoms with van der Waals surface area (Å²) in [6, 6.07) is 1.19. The van der Waals surface area contributed by atoms with E-state index in [1.165, 1.54) is 6.04 Å². The highest BCUT2D eigenvalue weighted by molar-refractivity contribution is 6.89. The third-order valence-electron chi connectivity index (χ3n) is 2.08. The maximum Gasteiger partial charge on any atom is 0.274 e. The molecule has 0 saturated heterocycles. The Labute approximate surface area is 91.4 Å². The average Bonchev–Trinajstić information content (AvgIpc) is 2.02. The van der Waals surface area contributed by atoms with Gasteiger partial charge in [-0.25, -0.2) is 0 Å². The van der Waals surface area contributed by atoms with Gasteiger partial charge in [-0.2, -0.15) is 0 Å². The van der Waals surface area contributed by atoms with Crippen LogP contribution in [0.2, 0.25) is 25.7 Å². The van der Waals surface area contributed by atoms with Crippen molar-refractivity contribution in [1.29, 1.82) is 0 Å². The third-order valence-corrected chi connectivity index (χ3v) is 9.76. The van der Waals surface area contributed by atoms with Crippen molar-refractivity contribution in [1.82, 2.24) is 14.6 Å². The molecule has 0 radical (unpaired) electrons. The molecule has 0 unspecified atom stereocenters. The molecule has 0 atom stereocenters. The van der Waals surface area contributed by atoms with Crippen molar-refractivity contribution in [3.8, 4) is 0 Å². The van der Waals surface area contributed by atoms with Crippen LogP contribution in [-0.4, -0.2) is 29.9 Å². The van der Waals surface area contributed by atoms with Gasteiger partial charge in [0.25, 0.3) is 8.56 Å². The molecule has 86 valence electrons. The van der Waals surface area contributed by atoms with Gasteiger partial charge in [0, 0.05) is 0 Å². The van der Waals surface area contributed by atoms with Crippen LogP contribution in [0.15, 0.2) is 0 Å². The Hall–Kier alpha value is 0.314. The normalized spacial score (nSPS) is 13.3. The molecule has 0 bridgehead atoms. The van der Waals surface area contributed by atoms with E-state index >= 15 is 0 Å². The summed E-state index contributed by atoms with van der Waals surface area (Å²) in [5.41, 5.74) is 0. The van der Waals surface area contributed by atoms with E-state index in [9.17, 15) is 0 Å². The molecule has 0 spiro atoms. The lowest BCUT2D eigenvalue weighted by atomic mass is 10.8. The second-order valence-electron chi connectivity index (χ2n) is 4.69. The van der Waals surface area contributed by atoms with Gasteiger partial charge in [0.2, 0.25) is 0 Å². The van der Waals surface area contributed by atoms with Gasteiger partial charge in [0.1, 0.15) is 8.24 Å². The summed E-state index contributed by atoms with van der Waals surface area (Å²) in [5, 5.41) is 0. The molecule has 0 amide bonds. The quantitative estimate of drug-likeness (QED) is 0.585. The van der Waals surface area contributed by atoms with Crippen LogP contribution >= 0.6 is 0 Å². The first-order valence-corrected chi connectivity index (χ1v) is 11.4. The van der Waals surface area contributed by atoms with Crippen LogP contribution in [0.4, 0.5) is 0 Å². The molecule has 0 heterocycles. The van der Waals surface area contributed by atoms with Crippen LogP contribution < -0.4 is 14.6 Å². The Bertz CT molecular complexity index is 151. The molecule has 0 aliphatic carbocycles. The number of nitrogens with one attached hydrogen (secondary N) is 3. The monoisotopic (exact) mass is 233 g/mol. The van der Waals surface area contributed by atoms with E-state index in [4.69, 9.17) is 0 Å². The molecule has 5 heteroatoms. The fraction of sp³-hybridized carbons (Fsp3) is 1.00. The van der Waals surface area contributed by atoms with Crippen LogP contribution in [0, 0.1) is 0 Å². The fourth-order valence-electron chi connectivity index (χ4n) is 1.73. The summed E-state index contributed by atoms with van der Waals surface area (Å²) in [6.07, 6.45) is 0. The molecule has 0 aliphatic heterocycles. The molecule has 0 fully saturated rings. The predicted molar refractivity (Wildman–Crippen MR) is 70.1 cm³/mol. The van der Waals surface area contributed by atoms with Gasteiger partial charge in [-0.3, -0.25) is 0 Å². The van der Waals surface area contributed by atoms with Crippen molar-refractivity contribution in [3.05, 3.63) is 0 Å². The summed E-state index contributed by atoms with van der Waals surface area (Å²) in [6.45, 7) is 15.8. The van der Waals surface area contributed by atoms with Gasteiger partial charge in [-0.15, -0.1) is 0 Å².